The standard InChI is InChI=1S/C20H26O/c1-13-12-20(3)14(11-18(13)21)6-7-15-16-5-4-9-19(16,2)10-8-17(15)20/h6-7,11,15-17H,1,4-5,8-10,12H2,2-3H3/t15-,16-,17-,19-,20-/m0/s1. The molecule has 21 heavy (non-hydrogen) atoms. The minimum atomic E-state index is 0.145. The van der Waals surface area contributed by atoms with Crippen LogP contribution in [-0.2, 0) is 4.79 Å². The van der Waals surface area contributed by atoms with Crippen LogP contribution in [0.15, 0.2) is 36.0 Å². The van der Waals surface area contributed by atoms with E-state index < -0.39 is 0 Å². The lowest BCUT2D eigenvalue weighted by Crippen LogP contribution is -2.47. The Labute approximate surface area is 128 Å². The molecule has 0 aromatic heterocycles. The topological polar surface area (TPSA) is 17.1 Å². The largest absolute Gasteiger partial charge is 0.290 e. The quantitative estimate of drug-likeness (QED) is 0.580. The van der Waals surface area contributed by atoms with Crippen molar-refractivity contribution < 1.29 is 4.79 Å². The number of fused-ring (bicyclic) bond motifs is 5. The Morgan fingerprint density at radius 2 is 2.00 bits per heavy atom. The van der Waals surface area contributed by atoms with Gasteiger partial charge in [0.15, 0.2) is 5.78 Å². The molecule has 0 radical (unpaired) electrons. The fraction of sp³-hybridized carbons (Fsp3) is 0.650. The first-order chi connectivity index (χ1) is 9.94. The Balaban J connectivity index is 1.78. The van der Waals surface area contributed by atoms with Crippen LogP contribution in [0.5, 0.6) is 0 Å². The lowest BCUT2D eigenvalue weighted by molar-refractivity contribution is -0.112. The van der Waals surface area contributed by atoms with Crippen molar-refractivity contribution in [2.24, 2.45) is 28.6 Å². The molecule has 0 N–H and O–H groups in total. The molecule has 0 aliphatic heterocycles. The number of hydrogen-bond acceptors (Lipinski definition) is 1. The van der Waals surface area contributed by atoms with Gasteiger partial charge in [0.05, 0.1) is 0 Å². The maximum absolute atomic E-state index is 12.0. The molecule has 5 atom stereocenters. The van der Waals surface area contributed by atoms with Gasteiger partial charge >= 0.3 is 0 Å². The number of carbonyl (C=O) groups excluding carboxylic acids is 1. The zero-order valence-corrected chi connectivity index (χ0v) is 13.3. The monoisotopic (exact) mass is 282 g/mol. The number of allylic oxidation sites excluding steroid dienone is 5. The Morgan fingerprint density at radius 3 is 2.81 bits per heavy atom. The van der Waals surface area contributed by atoms with Gasteiger partial charge in [-0.15, -0.1) is 0 Å². The second-order valence-corrected chi connectivity index (χ2v) is 8.40. The molecule has 0 aromatic rings. The predicted octanol–water partition coefficient (Wildman–Crippen LogP) is 4.85. The van der Waals surface area contributed by atoms with Gasteiger partial charge in [-0.25, -0.2) is 0 Å². The molecule has 4 aliphatic rings. The first kappa shape index (κ1) is 13.5. The fourth-order valence-corrected chi connectivity index (χ4v) is 6.04. The molecule has 0 aromatic carbocycles. The zero-order chi connectivity index (χ0) is 14.8. The van der Waals surface area contributed by atoms with E-state index in [9.17, 15) is 4.79 Å². The maximum atomic E-state index is 12.0. The van der Waals surface area contributed by atoms with Crippen molar-refractivity contribution in [1.82, 2.24) is 0 Å². The van der Waals surface area contributed by atoms with Crippen LogP contribution in [0, 0.1) is 28.6 Å². The summed E-state index contributed by atoms with van der Waals surface area (Å²) in [6.45, 7) is 8.93. The highest BCUT2D eigenvalue weighted by molar-refractivity contribution is 6.05. The minimum absolute atomic E-state index is 0.145. The lowest BCUT2D eigenvalue weighted by Gasteiger charge is -2.55. The van der Waals surface area contributed by atoms with Crippen molar-refractivity contribution in [3.05, 3.63) is 36.0 Å². The zero-order valence-electron chi connectivity index (χ0n) is 13.3. The first-order valence-electron chi connectivity index (χ1n) is 8.57. The van der Waals surface area contributed by atoms with Gasteiger partial charge in [0.25, 0.3) is 0 Å². The first-order valence-corrected chi connectivity index (χ1v) is 8.57. The van der Waals surface area contributed by atoms with Crippen LogP contribution in [0.2, 0.25) is 0 Å². The molecule has 2 fully saturated rings. The van der Waals surface area contributed by atoms with E-state index in [0.29, 0.717) is 11.3 Å². The van der Waals surface area contributed by atoms with Gasteiger partial charge in [-0.1, -0.05) is 39.0 Å². The molecule has 0 bridgehead atoms. The van der Waals surface area contributed by atoms with E-state index in [0.717, 1.165) is 23.8 Å². The van der Waals surface area contributed by atoms with Crippen LogP contribution in [0.4, 0.5) is 0 Å². The summed E-state index contributed by atoms with van der Waals surface area (Å²) in [5.41, 5.74) is 2.80. The van der Waals surface area contributed by atoms with Crippen molar-refractivity contribution in [2.45, 2.75) is 52.4 Å². The van der Waals surface area contributed by atoms with Gasteiger partial charge in [0.1, 0.15) is 0 Å². The van der Waals surface area contributed by atoms with Crippen molar-refractivity contribution >= 4 is 5.78 Å². The SMILES string of the molecule is C=C1C[C@@]2(C)C(=CC1=O)C=C[C@H]1[C@@H]3CCC[C@@]3(C)CC[C@@H]12. The third-order valence-electron chi connectivity index (χ3n) is 7.31. The van der Waals surface area contributed by atoms with E-state index in [1.54, 1.807) is 0 Å². The Kier molecular flexibility index (Phi) is 2.72. The van der Waals surface area contributed by atoms with Crippen molar-refractivity contribution in [2.75, 3.05) is 0 Å². The summed E-state index contributed by atoms with van der Waals surface area (Å²) < 4.78 is 0. The van der Waals surface area contributed by atoms with Crippen molar-refractivity contribution in [3.8, 4) is 0 Å². The van der Waals surface area contributed by atoms with E-state index in [2.05, 4.69) is 32.6 Å². The van der Waals surface area contributed by atoms with Gasteiger partial charge in [0.2, 0.25) is 0 Å². The van der Waals surface area contributed by atoms with E-state index in [-0.39, 0.29) is 11.2 Å². The summed E-state index contributed by atoms with van der Waals surface area (Å²) >= 11 is 0. The minimum Gasteiger partial charge on any atom is -0.290 e. The molecular formula is C20H26O. The van der Waals surface area contributed by atoms with E-state index in [1.807, 2.05) is 6.08 Å². The Bertz CT molecular complexity index is 581. The number of ketones is 1. The van der Waals surface area contributed by atoms with Crippen molar-refractivity contribution in [1.29, 1.82) is 0 Å². The molecule has 0 heterocycles. The average molecular weight is 282 g/mol. The highest BCUT2D eigenvalue weighted by Gasteiger charge is 2.55. The normalized spacial score (nSPS) is 48.5. The van der Waals surface area contributed by atoms with Crippen LogP contribution in [-0.4, -0.2) is 5.78 Å². The summed E-state index contributed by atoms with van der Waals surface area (Å²) in [5, 5.41) is 0. The predicted molar refractivity (Wildman–Crippen MR) is 85.8 cm³/mol. The summed E-state index contributed by atoms with van der Waals surface area (Å²) in [6.07, 6.45) is 14.4. The molecular weight excluding hydrogens is 256 g/mol. The summed E-state index contributed by atoms with van der Waals surface area (Å²) in [5.74, 6) is 2.42. The molecule has 0 unspecified atom stereocenters. The van der Waals surface area contributed by atoms with Crippen LogP contribution >= 0.6 is 0 Å². The van der Waals surface area contributed by atoms with Crippen LogP contribution in [0.3, 0.4) is 0 Å². The third kappa shape index (κ3) is 1.73. The molecule has 1 heteroatoms. The molecule has 0 amide bonds. The highest BCUT2D eigenvalue weighted by Crippen LogP contribution is 2.63. The van der Waals surface area contributed by atoms with Crippen molar-refractivity contribution in [3.63, 3.8) is 0 Å². The lowest BCUT2D eigenvalue weighted by atomic mass is 9.49. The van der Waals surface area contributed by atoms with E-state index in [4.69, 9.17) is 0 Å². The Morgan fingerprint density at radius 1 is 1.19 bits per heavy atom. The van der Waals surface area contributed by atoms with Crippen LogP contribution < -0.4 is 0 Å². The second kappa shape index (κ2) is 4.21. The van der Waals surface area contributed by atoms with Gasteiger partial charge in [-0.05, 0) is 72.5 Å². The molecule has 4 aliphatic carbocycles. The molecule has 0 saturated heterocycles. The van der Waals surface area contributed by atoms with Gasteiger partial charge in [0, 0.05) is 5.41 Å². The molecule has 0 spiro atoms. The number of carbonyl (C=O) groups is 1. The average Bonchev–Trinajstić information content (AvgIpc) is 2.82. The smallest absolute Gasteiger partial charge is 0.181 e. The molecule has 112 valence electrons. The Hall–Kier alpha value is -1.11. The molecule has 2 saturated carbocycles. The highest BCUT2D eigenvalue weighted by atomic mass is 16.1. The second-order valence-electron chi connectivity index (χ2n) is 8.40. The van der Waals surface area contributed by atoms with E-state index in [1.165, 1.54) is 37.7 Å². The summed E-state index contributed by atoms with van der Waals surface area (Å²) in [4.78, 5) is 12.0. The summed E-state index contributed by atoms with van der Waals surface area (Å²) in [6, 6.07) is 0. The summed E-state index contributed by atoms with van der Waals surface area (Å²) in [7, 11) is 0. The van der Waals surface area contributed by atoms with E-state index >= 15 is 0 Å². The maximum Gasteiger partial charge on any atom is 0.181 e. The van der Waals surface area contributed by atoms with Crippen LogP contribution in [0.1, 0.15) is 52.4 Å². The van der Waals surface area contributed by atoms with Gasteiger partial charge < -0.3 is 0 Å². The molecule has 4 rings (SSSR count). The van der Waals surface area contributed by atoms with Gasteiger partial charge in [-0.2, -0.15) is 0 Å². The van der Waals surface area contributed by atoms with Gasteiger partial charge in [-0.3, -0.25) is 4.79 Å². The number of hydrogen-bond donors (Lipinski definition) is 0. The number of rotatable bonds is 0. The van der Waals surface area contributed by atoms with Crippen LogP contribution in [0.25, 0.3) is 0 Å². The fourth-order valence-electron chi connectivity index (χ4n) is 6.04. The molecule has 1 nitrogen and oxygen atoms in total. The third-order valence-corrected chi connectivity index (χ3v) is 7.31.